The van der Waals surface area contributed by atoms with E-state index in [2.05, 4.69) is 47.9 Å². The van der Waals surface area contributed by atoms with Crippen LogP contribution in [0.25, 0.3) is 22.2 Å². The molecule has 0 radical (unpaired) electrons. The first-order chi connectivity index (χ1) is 18.5. The number of aliphatic carboxylic acids is 1. The lowest BCUT2D eigenvalue weighted by molar-refractivity contribution is -0.139. The van der Waals surface area contributed by atoms with Crippen LogP contribution in [-0.4, -0.2) is 29.4 Å². The van der Waals surface area contributed by atoms with Crippen molar-refractivity contribution in [3.63, 3.8) is 0 Å². The summed E-state index contributed by atoms with van der Waals surface area (Å²) < 4.78 is 19.1. The first-order valence-electron chi connectivity index (χ1n) is 12.4. The van der Waals surface area contributed by atoms with Crippen LogP contribution in [-0.2, 0) is 17.9 Å². The number of carboxylic acid groups (broad SMARTS) is 1. The number of hydrogen-bond acceptors (Lipinski definition) is 4. The third-order valence-electron chi connectivity index (χ3n) is 6.53. The summed E-state index contributed by atoms with van der Waals surface area (Å²) >= 11 is 0. The van der Waals surface area contributed by atoms with Gasteiger partial charge in [-0.3, -0.25) is 0 Å². The number of carboxylic acids is 1. The van der Waals surface area contributed by atoms with Gasteiger partial charge in [0.15, 0.2) is 6.61 Å². The van der Waals surface area contributed by atoms with Gasteiger partial charge in [-0.1, -0.05) is 42.5 Å². The lowest BCUT2D eigenvalue weighted by Gasteiger charge is -2.13. The second-order valence-electron chi connectivity index (χ2n) is 9.07. The fourth-order valence-electron chi connectivity index (χ4n) is 4.64. The van der Waals surface area contributed by atoms with Crippen molar-refractivity contribution >= 4 is 16.9 Å². The van der Waals surface area contributed by atoms with Gasteiger partial charge in [0.05, 0.1) is 12.8 Å². The topological polar surface area (TPSA) is 69.9 Å². The highest BCUT2D eigenvalue weighted by Crippen LogP contribution is 2.36. The molecule has 0 aliphatic rings. The van der Waals surface area contributed by atoms with Crippen molar-refractivity contribution in [2.24, 2.45) is 0 Å². The van der Waals surface area contributed by atoms with Gasteiger partial charge >= 0.3 is 5.97 Å². The second kappa shape index (κ2) is 11.1. The number of aromatic nitrogens is 1. The van der Waals surface area contributed by atoms with Crippen LogP contribution in [0.2, 0.25) is 0 Å². The van der Waals surface area contributed by atoms with E-state index in [1.165, 1.54) is 0 Å². The summed E-state index contributed by atoms with van der Waals surface area (Å²) in [5.74, 6) is 1.16. The number of ether oxygens (including phenoxy) is 3. The Bertz CT molecular complexity index is 1540. The number of aryl methyl sites for hydroxylation is 1. The molecule has 1 N–H and O–H groups in total. The average molecular weight is 508 g/mol. The quantitative estimate of drug-likeness (QED) is 0.227. The Kier molecular flexibility index (Phi) is 7.31. The van der Waals surface area contributed by atoms with E-state index in [0.717, 1.165) is 50.3 Å². The number of rotatable bonds is 10. The van der Waals surface area contributed by atoms with Gasteiger partial charge < -0.3 is 23.9 Å². The number of methoxy groups -OCH3 is 1. The van der Waals surface area contributed by atoms with Crippen molar-refractivity contribution in [2.75, 3.05) is 13.7 Å². The van der Waals surface area contributed by atoms with Gasteiger partial charge in [-0.15, -0.1) is 0 Å². The lowest BCUT2D eigenvalue weighted by atomic mass is 10.1. The predicted octanol–water partition coefficient (Wildman–Crippen LogP) is 6.72. The van der Waals surface area contributed by atoms with Crippen LogP contribution in [0.4, 0.5) is 0 Å². The molecule has 1 aromatic heterocycles. The Labute approximate surface area is 221 Å². The first-order valence-corrected chi connectivity index (χ1v) is 12.4. The molecule has 0 saturated heterocycles. The molecule has 4 aromatic carbocycles. The Morgan fingerprint density at radius 2 is 1.47 bits per heavy atom. The van der Waals surface area contributed by atoms with Crippen LogP contribution >= 0.6 is 0 Å². The van der Waals surface area contributed by atoms with Gasteiger partial charge in [0.1, 0.15) is 23.9 Å². The maximum absolute atomic E-state index is 10.8. The van der Waals surface area contributed by atoms with Gasteiger partial charge in [0, 0.05) is 17.4 Å². The number of hydrogen-bond donors (Lipinski definition) is 1. The van der Waals surface area contributed by atoms with E-state index in [1.807, 2.05) is 48.5 Å². The molecule has 6 nitrogen and oxygen atoms in total. The molecule has 1 heterocycles. The Morgan fingerprint density at radius 3 is 2.16 bits per heavy atom. The third kappa shape index (κ3) is 5.49. The van der Waals surface area contributed by atoms with Crippen molar-refractivity contribution in [1.82, 2.24) is 4.57 Å². The molecule has 192 valence electrons. The molecule has 0 spiro atoms. The zero-order chi connectivity index (χ0) is 26.5. The Morgan fingerprint density at radius 1 is 0.789 bits per heavy atom. The van der Waals surface area contributed by atoms with Crippen molar-refractivity contribution in [1.29, 1.82) is 0 Å². The molecule has 0 amide bonds. The van der Waals surface area contributed by atoms with E-state index in [0.29, 0.717) is 18.9 Å². The van der Waals surface area contributed by atoms with Crippen LogP contribution in [0, 0.1) is 6.92 Å². The van der Waals surface area contributed by atoms with Gasteiger partial charge in [0.2, 0.25) is 0 Å². The van der Waals surface area contributed by atoms with E-state index in [-0.39, 0.29) is 6.61 Å². The Hall–Kier alpha value is -4.71. The van der Waals surface area contributed by atoms with Gasteiger partial charge in [-0.25, -0.2) is 4.79 Å². The summed E-state index contributed by atoms with van der Waals surface area (Å²) in [6.45, 7) is 2.92. The van der Waals surface area contributed by atoms with Crippen LogP contribution in [0.5, 0.6) is 17.2 Å². The largest absolute Gasteiger partial charge is 0.497 e. The normalized spacial score (nSPS) is 10.9. The minimum absolute atomic E-state index is 0.364. The fourth-order valence-corrected chi connectivity index (χ4v) is 4.64. The van der Waals surface area contributed by atoms with Crippen LogP contribution in [0.1, 0.15) is 16.7 Å². The molecule has 0 saturated carbocycles. The van der Waals surface area contributed by atoms with Crippen LogP contribution < -0.4 is 14.2 Å². The first kappa shape index (κ1) is 25.0. The molecule has 0 unspecified atom stereocenters. The van der Waals surface area contributed by atoms with E-state index >= 15 is 0 Å². The van der Waals surface area contributed by atoms with Crippen molar-refractivity contribution in [3.8, 4) is 28.5 Å². The van der Waals surface area contributed by atoms with Gasteiger partial charge in [0.25, 0.3) is 0 Å². The predicted molar refractivity (Wildman–Crippen MR) is 148 cm³/mol. The molecule has 5 aromatic rings. The summed E-state index contributed by atoms with van der Waals surface area (Å²) in [5.41, 5.74) is 6.67. The smallest absolute Gasteiger partial charge is 0.341 e. The van der Waals surface area contributed by atoms with Crippen molar-refractivity contribution in [2.45, 2.75) is 20.1 Å². The molecule has 0 aliphatic carbocycles. The van der Waals surface area contributed by atoms with E-state index in [4.69, 9.17) is 19.3 Å². The van der Waals surface area contributed by atoms with E-state index in [9.17, 15) is 4.79 Å². The van der Waals surface area contributed by atoms with E-state index < -0.39 is 5.97 Å². The van der Waals surface area contributed by atoms with Gasteiger partial charge in [-0.05, 0) is 83.8 Å². The molecule has 0 fully saturated rings. The number of fused-ring (bicyclic) bond motifs is 1. The molecule has 0 aliphatic heterocycles. The minimum atomic E-state index is -1.00. The average Bonchev–Trinajstić information content (AvgIpc) is 3.22. The lowest BCUT2D eigenvalue weighted by Crippen LogP contribution is -2.09. The van der Waals surface area contributed by atoms with E-state index in [1.54, 1.807) is 19.2 Å². The summed E-state index contributed by atoms with van der Waals surface area (Å²) in [6, 6.07) is 32.0. The SMILES string of the molecule is COc1ccc(-c2c(C)c3cc(OCc4ccccc4)ccc3n2Cc2ccc(OCC(=O)O)cc2)cc1. The summed E-state index contributed by atoms with van der Waals surface area (Å²) in [5, 5.41) is 9.99. The zero-order valence-electron chi connectivity index (χ0n) is 21.4. The second-order valence-corrected chi connectivity index (χ2v) is 9.07. The maximum Gasteiger partial charge on any atom is 0.341 e. The third-order valence-corrected chi connectivity index (χ3v) is 6.53. The molecule has 5 rings (SSSR count). The number of carbonyl (C=O) groups is 1. The number of nitrogens with zero attached hydrogens (tertiary/aromatic N) is 1. The van der Waals surface area contributed by atoms with Gasteiger partial charge in [-0.2, -0.15) is 0 Å². The minimum Gasteiger partial charge on any atom is -0.497 e. The molecule has 0 atom stereocenters. The number of benzene rings is 4. The fraction of sp³-hybridized carbons (Fsp3) is 0.156. The standard InChI is InChI=1S/C32H29NO5/c1-22-29-18-28(37-20-24-6-4-3-5-7-24)16-17-30(29)33(32(22)25-10-14-26(36-2)15-11-25)19-23-8-12-27(13-9-23)38-21-31(34)35/h3-18H,19-21H2,1-2H3,(H,34,35). The highest BCUT2D eigenvalue weighted by molar-refractivity contribution is 5.92. The maximum atomic E-state index is 10.8. The monoisotopic (exact) mass is 507 g/mol. The highest BCUT2D eigenvalue weighted by atomic mass is 16.5. The molecular weight excluding hydrogens is 478 g/mol. The van der Waals surface area contributed by atoms with Crippen molar-refractivity contribution < 1.29 is 24.1 Å². The zero-order valence-corrected chi connectivity index (χ0v) is 21.4. The summed E-state index contributed by atoms with van der Waals surface area (Å²) in [7, 11) is 1.66. The molecular formula is C32H29NO5. The molecule has 6 heteroatoms. The molecule has 0 bridgehead atoms. The van der Waals surface area contributed by atoms with Crippen LogP contribution in [0.15, 0.2) is 97.1 Å². The summed E-state index contributed by atoms with van der Waals surface area (Å²) in [4.78, 5) is 10.8. The van der Waals surface area contributed by atoms with Crippen molar-refractivity contribution in [3.05, 3.63) is 114 Å². The molecule has 38 heavy (non-hydrogen) atoms. The van der Waals surface area contributed by atoms with Crippen LogP contribution in [0.3, 0.4) is 0 Å². The highest BCUT2D eigenvalue weighted by Gasteiger charge is 2.17. The Balaban J connectivity index is 1.51. The summed E-state index contributed by atoms with van der Waals surface area (Å²) in [6.07, 6.45) is 0.